The van der Waals surface area contributed by atoms with Crippen LogP contribution in [-0.2, 0) is 33.6 Å². The van der Waals surface area contributed by atoms with Crippen molar-refractivity contribution in [2.45, 2.75) is 30.8 Å². The van der Waals surface area contributed by atoms with Crippen molar-refractivity contribution >= 4 is 21.4 Å². The lowest BCUT2D eigenvalue weighted by Crippen LogP contribution is -2.38. The number of pyridine rings is 1. The van der Waals surface area contributed by atoms with Crippen LogP contribution in [0.3, 0.4) is 0 Å². The van der Waals surface area contributed by atoms with Crippen molar-refractivity contribution < 1.29 is 26.7 Å². The highest BCUT2D eigenvalue weighted by Gasteiger charge is 2.32. The molecule has 0 aliphatic carbocycles. The standard InChI is InChI=1S/C21H23F2N3O4S/c1-21(22,23)19-9-14-12-26(13-15(14)11-24-19)20(27)17-10-16(31(2,28)29)3-4-18(17)25-5-7-30-8-6-25/h3-4,9-11H,5-8,12-13H2,1-2H3. The molecule has 2 aliphatic rings. The highest BCUT2D eigenvalue weighted by atomic mass is 32.2. The van der Waals surface area contributed by atoms with E-state index in [2.05, 4.69) is 4.98 Å². The first-order valence-electron chi connectivity index (χ1n) is 9.86. The van der Waals surface area contributed by atoms with E-state index in [0.717, 1.165) is 13.2 Å². The molecule has 0 unspecified atom stereocenters. The topological polar surface area (TPSA) is 79.8 Å². The van der Waals surface area contributed by atoms with Crippen molar-refractivity contribution in [2.24, 2.45) is 0 Å². The number of alkyl halides is 2. The number of hydrogen-bond acceptors (Lipinski definition) is 6. The Hall–Kier alpha value is -2.59. The lowest BCUT2D eigenvalue weighted by Gasteiger charge is -2.31. The molecule has 4 rings (SSSR count). The second kappa shape index (κ2) is 7.83. The van der Waals surface area contributed by atoms with E-state index < -0.39 is 15.8 Å². The van der Waals surface area contributed by atoms with Gasteiger partial charge in [-0.05, 0) is 35.4 Å². The molecule has 7 nitrogen and oxygen atoms in total. The lowest BCUT2D eigenvalue weighted by molar-refractivity contribution is 0.0127. The Kier molecular flexibility index (Phi) is 5.47. The number of rotatable bonds is 4. The Morgan fingerprint density at radius 1 is 1.13 bits per heavy atom. The first-order valence-corrected chi connectivity index (χ1v) is 11.8. The minimum Gasteiger partial charge on any atom is -0.378 e. The number of aromatic nitrogens is 1. The SMILES string of the molecule is CC(F)(F)c1cc2c(cn1)CN(C(=O)c1cc(S(C)(=O)=O)ccc1N1CCOCC1)C2. The van der Waals surface area contributed by atoms with E-state index in [9.17, 15) is 22.0 Å². The Morgan fingerprint density at radius 3 is 2.45 bits per heavy atom. The summed E-state index contributed by atoms with van der Waals surface area (Å²) in [4.78, 5) is 20.8. The van der Waals surface area contributed by atoms with Crippen LogP contribution < -0.4 is 4.90 Å². The number of ether oxygens (including phenoxy) is 1. The summed E-state index contributed by atoms with van der Waals surface area (Å²) in [6.07, 6.45) is 2.47. The normalized spacial score (nSPS) is 17.0. The molecule has 0 radical (unpaired) electrons. The summed E-state index contributed by atoms with van der Waals surface area (Å²) >= 11 is 0. The van der Waals surface area contributed by atoms with Crippen LogP contribution in [0.5, 0.6) is 0 Å². The quantitative estimate of drug-likeness (QED) is 0.711. The van der Waals surface area contributed by atoms with Gasteiger partial charge in [0.25, 0.3) is 11.8 Å². The highest BCUT2D eigenvalue weighted by molar-refractivity contribution is 7.90. The van der Waals surface area contributed by atoms with E-state index in [0.29, 0.717) is 43.1 Å². The third kappa shape index (κ3) is 4.40. The maximum absolute atomic E-state index is 13.6. The summed E-state index contributed by atoms with van der Waals surface area (Å²) in [6.45, 7) is 3.35. The van der Waals surface area contributed by atoms with Gasteiger partial charge in [0, 0.05) is 51.2 Å². The number of halogens is 2. The van der Waals surface area contributed by atoms with Crippen LogP contribution in [0.15, 0.2) is 35.4 Å². The fourth-order valence-electron chi connectivity index (χ4n) is 3.83. The molecule has 0 saturated carbocycles. The van der Waals surface area contributed by atoms with Gasteiger partial charge in [-0.25, -0.2) is 8.42 Å². The molecule has 1 aromatic carbocycles. The van der Waals surface area contributed by atoms with Gasteiger partial charge in [0.2, 0.25) is 0 Å². The number of morpholine rings is 1. The largest absolute Gasteiger partial charge is 0.378 e. The maximum atomic E-state index is 13.6. The van der Waals surface area contributed by atoms with Crippen molar-refractivity contribution in [3.05, 3.63) is 52.8 Å². The average Bonchev–Trinajstić information content (AvgIpc) is 3.15. The zero-order chi connectivity index (χ0) is 22.4. The zero-order valence-corrected chi connectivity index (χ0v) is 18.1. The van der Waals surface area contributed by atoms with Crippen LogP contribution in [0.2, 0.25) is 0 Å². The van der Waals surface area contributed by atoms with Gasteiger partial charge in [-0.2, -0.15) is 8.78 Å². The molecule has 0 atom stereocenters. The molecule has 0 bridgehead atoms. The number of amides is 1. The van der Waals surface area contributed by atoms with Crippen molar-refractivity contribution in [1.82, 2.24) is 9.88 Å². The summed E-state index contributed by atoms with van der Waals surface area (Å²) < 4.78 is 56.8. The van der Waals surface area contributed by atoms with E-state index in [1.165, 1.54) is 29.3 Å². The summed E-state index contributed by atoms with van der Waals surface area (Å²) in [5, 5.41) is 0. The van der Waals surface area contributed by atoms with Crippen LogP contribution in [0.4, 0.5) is 14.5 Å². The summed E-state index contributed by atoms with van der Waals surface area (Å²) in [5.41, 5.74) is 1.89. The predicted octanol–water partition coefficient (Wildman–Crippen LogP) is 2.59. The van der Waals surface area contributed by atoms with E-state index in [4.69, 9.17) is 4.74 Å². The molecule has 1 amide bonds. The van der Waals surface area contributed by atoms with E-state index >= 15 is 0 Å². The third-order valence-electron chi connectivity index (χ3n) is 5.52. The number of hydrogen-bond donors (Lipinski definition) is 0. The average molecular weight is 451 g/mol. The monoisotopic (exact) mass is 451 g/mol. The molecular weight excluding hydrogens is 428 g/mol. The van der Waals surface area contributed by atoms with Gasteiger partial charge in [-0.1, -0.05) is 0 Å². The van der Waals surface area contributed by atoms with Crippen LogP contribution in [0, 0.1) is 0 Å². The molecule has 0 N–H and O–H groups in total. The molecule has 3 heterocycles. The molecule has 0 spiro atoms. The fraction of sp³-hybridized carbons (Fsp3) is 0.429. The van der Waals surface area contributed by atoms with Gasteiger partial charge in [0.15, 0.2) is 9.84 Å². The summed E-state index contributed by atoms with van der Waals surface area (Å²) in [6, 6.07) is 5.87. The Bertz CT molecular complexity index is 1130. The summed E-state index contributed by atoms with van der Waals surface area (Å²) in [5.74, 6) is -3.42. The minimum atomic E-state index is -3.51. The van der Waals surface area contributed by atoms with Gasteiger partial charge in [-0.3, -0.25) is 9.78 Å². The molecular formula is C21H23F2N3O4S. The van der Waals surface area contributed by atoms with Crippen molar-refractivity contribution in [3.8, 4) is 0 Å². The van der Waals surface area contributed by atoms with Crippen LogP contribution in [-0.4, -0.2) is 56.8 Å². The van der Waals surface area contributed by atoms with E-state index in [1.807, 2.05) is 4.90 Å². The first-order chi connectivity index (χ1) is 14.5. The lowest BCUT2D eigenvalue weighted by atomic mass is 10.1. The molecule has 1 saturated heterocycles. The Labute approximate surface area is 179 Å². The highest BCUT2D eigenvalue weighted by Crippen LogP contribution is 2.32. The number of sulfone groups is 1. The smallest absolute Gasteiger partial charge is 0.286 e. The number of carbonyl (C=O) groups is 1. The molecule has 2 aliphatic heterocycles. The minimum absolute atomic E-state index is 0.0548. The second-order valence-corrected chi connectivity index (χ2v) is 9.95. The van der Waals surface area contributed by atoms with Crippen molar-refractivity contribution in [2.75, 3.05) is 37.5 Å². The van der Waals surface area contributed by atoms with Crippen molar-refractivity contribution in [1.29, 1.82) is 0 Å². The van der Waals surface area contributed by atoms with Gasteiger partial charge in [-0.15, -0.1) is 0 Å². The second-order valence-electron chi connectivity index (χ2n) is 7.94. The maximum Gasteiger partial charge on any atom is 0.286 e. The number of carbonyl (C=O) groups excluding carboxylic acids is 1. The van der Waals surface area contributed by atoms with Gasteiger partial charge >= 0.3 is 0 Å². The van der Waals surface area contributed by atoms with Gasteiger partial charge in [0.1, 0.15) is 5.69 Å². The third-order valence-corrected chi connectivity index (χ3v) is 6.63. The van der Waals surface area contributed by atoms with E-state index in [1.54, 1.807) is 6.07 Å². The van der Waals surface area contributed by atoms with Crippen molar-refractivity contribution in [3.63, 3.8) is 0 Å². The fourth-order valence-corrected chi connectivity index (χ4v) is 4.48. The van der Waals surface area contributed by atoms with E-state index in [-0.39, 0.29) is 35.1 Å². The predicted molar refractivity (Wildman–Crippen MR) is 110 cm³/mol. The molecule has 1 fully saturated rings. The van der Waals surface area contributed by atoms with Gasteiger partial charge < -0.3 is 14.5 Å². The van der Waals surface area contributed by atoms with Gasteiger partial charge in [0.05, 0.1) is 23.7 Å². The number of benzene rings is 1. The molecule has 31 heavy (non-hydrogen) atoms. The zero-order valence-electron chi connectivity index (χ0n) is 17.3. The molecule has 10 heteroatoms. The first kappa shape index (κ1) is 21.6. The van der Waals surface area contributed by atoms with Crippen LogP contribution >= 0.6 is 0 Å². The number of anilines is 1. The number of fused-ring (bicyclic) bond motifs is 1. The summed E-state index contributed by atoms with van der Waals surface area (Å²) in [7, 11) is -3.51. The Morgan fingerprint density at radius 2 is 1.81 bits per heavy atom. The Balaban J connectivity index is 1.68. The molecule has 166 valence electrons. The number of nitrogens with zero attached hydrogens (tertiary/aromatic N) is 3. The molecule has 1 aromatic heterocycles. The van der Waals surface area contributed by atoms with Crippen LogP contribution in [0.25, 0.3) is 0 Å². The van der Waals surface area contributed by atoms with Crippen LogP contribution in [0.1, 0.15) is 34.1 Å². The molecule has 2 aromatic rings.